The van der Waals surface area contributed by atoms with Gasteiger partial charge in [0.05, 0.1) is 23.4 Å². The smallest absolute Gasteiger partial charge is 0.337 e. The number of esters is 1. The molecule has 21 heavy (non-hydrogen) atoms. The highest BCUT2D eigenvalue weighted by molar-refractivity contribution is 7.90. The minimum atomic E-state index is -3.66. The van der Waals surface area contributed by atoms with Crippen LogP contribution in [0.15, 0.2) is 18.2 Å². The summed E-state index contributed by atoms with van der Waals surface area (Å²) in [6.07, 6.45) is 2.72. The van der Waals surface area contributed by atoms with Crippen molar-refractivity contribution in [1.29, 1.82) is 0 Å². The van der Waals surface area contributed by atoms with E-state index in [1.165, 1.54) is 29.6 Å². The molecule has 1 saturated heterocycles. The third-order valence-corrected chi connectivity index (χ3v) is 5.13. The number of carbonyl (C=O) groups excluding carboxylic acids is 1. The molecule has 0 unspecified atom stereocenters. The van der Waals surface area contributed by atoms with Gasteiger partial charge in [0.1, 0.15) is 0 Å². The Morgan fingerprint density at radius 1 is 1.29 bits per heavy atom. The summed E-state index contributed by atoms with van der Waals surface area (Å²) in [5.74, 6) is -0.551. The Balaban J connectivity index is 2.23. The molecule has 0 atom stereocenters. The molecule has 0 aromatic heterocycles. The van der Waals surface area contributed by atoms with E-state index in [-0.39, 0.29) is 16.3 Å². The summed E-state index contributed by atoms with van der Waals surface area (Å²) in [6, 6.07) is 4.31. The predicted molar refractivity (Wildman–Crippen MR) is 80.8 cm³/mol. The van der Waals surface area contributed by atoms with Gasteiger partial charge in [0.15, 0.2) is 0 Å². The van der Waals surface area contributed by atoms with Crippen molar-refractivity contribution in [2.45, 2.75) is 19.3 Å². The highest BCUT2D eigenvalue weighted by atomic mass is 35.5. The van der Waals surface area contributed by atoms with Crippen molar-refractivity contribution >= 4 is 33.5 Å². The maximum Gasteiger partial charge on any atom is 0.337 e. The Morgan fingerprint density at radius 2 is 1.95 bits per heavy atom. The molecule has 1 fully saturated rings. The lowest BCUT2D eigenvalue weighted by Gasteiger charge is -2.26. The number of anilines is 1. The zero-order chi connectivity index (χ0) is 15.5. The fraction of sp³-hybridized carbons (Fsp3) is 0.462. The number of ether oxygens (including phenoxy) is 1. The van der Waals surface area contributed by atoms with Crippen molar-refractivity contribution in [3.8, 4) is 0 Å². The molecule has 1 aliphatic heterocycles. The van der Waals surface area contributed by atoms with E-state index in [9.17, 15) is 13.2 Å². The average Bonchev–Trinajstić information content (AvgIpc) is 2.49. The van der Waals surface area contributed by atoms with E-state index in [0.29, 0.717) is 13.1 Å². The lowest BCUT2D eigenvalue weighted by Crippen LogP contribution is -2.39. The van der Waals surface area contributed by atoms with Gasteiger partial charge in [-0.05, 0) is 31.0 Å². The number of nitrogens with one attached hydrogen (secondary N) is 1. The van der Waals surface area contributed by atoms with Crippen molar-refractivity contribution in [3.63, 3.8) is 0 Å². The third-order valence-electron chi connectivity index (χ3n) is 3.28. The molecule has 0 amide bonds. The normalized spacial score (nSPS) is 16.5. The number of carbonyl (C=O) groups is 1. The van der Waals surface area contributed by atoms with E-state index >= 15 is 0 Å². The Morgan fingerprint density at radius 3 is 2.57 bits per heavy atom. The first-order valence-corrected chi connectivity index (χ1v) is 8.41. The first kappa shape index (κ1) is 16.1. The van der Waals surface area contributed by atoms with Crippen molar-refractivity contribution < 1.29 is 17.9 Å². The first-order valence-electron chi connectivity index (χ1n) is 6.60. The van der Waals surface area contributed by atoms with Gasteiger partial charge in [-0.3, -0.25) is 4.72 Å². The Kier molecular flexibility index (Phi) is 5.08. The molecular formula is C13H17ClN2O4S. The molecule has 6 nitrogen and oxygen atoms in total. The van der Waals surface area contributed by atoms with E-state index in [1.54, 1.807) is 0 Å². The van der Waals surface area contributed by atoms with Crippen LogP contribution in [0.1, 0.15) is 29.6 Å². The number of methoxy groups -OCH3 is 1. The Labute approximate surface area is 129 Å². The molecule has 1 aromatic carbocycles. The van der Waals surface area contributed by atoms with Crippen LogP contribution in [0, 0.1) is 0 Å². The minimum Gasteiger partial charge on any atom is -0.465 e. The fourth-order valence-corrected chi connectivity index (χ4v) is 3.69. The van der Waals surface area contributed by atoms with Gasteiger partial charge < -0.3 is 4.74 Å². The largest absolute Gasteiger partial charge is 0.465 e. The van der Waals surface area contributed by atoms with Crippen LogP contribution in [0.4, 0.5) is 5.69 Å². The standard InChI is InChI=1S/C13H17ClN2O4S/c1-20-13(17)10-5-6-11(14)12(9-10)15-21(18,19)16-7-3-2-4-8-16/h5-6,9,15H,2-4,7-8H2,1H3. The molecular weight excluding hydrogens is 316 g/mol. The first-order chi connectivity index (χ1) is 9.94. The molecule has 1 heterocycles. The molecule has 0 aliphatic carbocycles. The molecule has 0 radical (unpaired) electrons. The zero-order valence-corrected chi connectivity index (χ0v) is 13.2. The van der Waals surface area contributed by atoms with Crippen LogP contribution >= 0.6 is 11.6 Å². The van der Waals surface area contributed by atoms with Crippen LogP contribution in [0.25, 0.3) is 0 Å². The van der Waals surface area contributed by atoms with Crippen LogP contribution in [-0.2, 0) is 14.9 Å². The molecule has 0 bridgehead atoms. The number of halogens is 1. The van der Waals surface area contributed by atoms with Gasteiger partial charge in [0.2, 0.25) is 0 Å². The summed E-state index contributed by atoms with van der Waals surface area (Å²) in [5, 5.41) is 0.225. The summed E-state index contributed by atoms with van der Waals surface area (Å²) in [7, 11) is -2.40. The van der Waals surface area contributed by atoms with Crippen molar-refractivity contribution in [1.82, 2.24) is 4.31 Å². The van der Waals surface area contributed by atoms with Gasteiger partial charge in [0.25, 0.3) is 0 Å². The van der Waals surface area contributed by atoms with Gasteiger partial charge in [-0.25, -0.2) is 4.79 Å². The molecule has 8 heteroatoms. The maximum atomic E-state index is 12.3. The van der Waals surface area contributed by atoms with Crippen LogP contribution in [-0.4, -0.2) is 38.9 Å². The second-order valence-corrected chi connectivity index (χ2v) is 6.83. The molecule has 116 valence electrons. The van der Waals surface area contributed by atoms with Crippen molar-refractivity contribution in [3.05, 3.63) is 28.8 Å². The van der Waals surface area contributed by atoms with Gasteiger partial charge in [-0.2, -0.15) is 12.7 Å². The predicted octanol–water partition coefficient (Wildman–Crippen LogP) is 2.27. The zero-order valence-electron chi connectivity index (χ0n) is 11.6. The highest BCUT2D eigenvalue weighted by Crippen LogP contribution is 2.26. The molecule has 0 saturated carbocycles. The monoisotopic (exact) mass is 332 g/mol. The number of rotatable bonds is 4. The SMILES string of the molecule is COC(=O)c1ccc(Cl)c(NS(=O)(=O)N2CCCCC2)c1. The number of piperidine rings is 1. The summed E-state index contributed by atoms with van der Waals surface area (Å²) >= 11 is 5.99. The van der Waals surface area contributed by atoms with E-state index in [1.807, 2.05) is 0 Å². The lowest BCUT2D eigenvalue weighted by molar-refractivity contribution is 0.0601. The van der Waals surface area contributed by atoms with Crippen LogP contribution in [0.2, 0.25) is 5.02 Å². The van der Waals surface area contributed by atoms with Crippen molar-refractivity contribution in [2.75, 3.05) is 24.9 Å². The average molecular weight is 333 g/mol. The Hall–Kier alpha value is -1.31. The van der Waals surface area contributed by atoms with Gasteiger partial charge in [0, 0.05) is 13.1 Å². The highest BCUT2D eigenvalue weighted by Gasteiger charge is 2.24. The second-order valence-electron chi connectivity index (χ2n) is 4.75. The number of hydrogen-bond acceptors (Lipinski definition) is 4. The van der Waals surface area contributed by atoms with Crippen molar-refractivity contribution in [2.24, 2.45) is 0 Å². The molecule has 0 spiro atoms. The van der Waals surface area contributed by atoms with E-state index in [0.717, 1.165) is 19.3 Å². The van der Waals surface area contributed by atoms with Crippen LogP contribution in [0.3, 0.4) is 0 Å². The minimum absolute atomic E-state index is 0.171. The van der Waals surface area contributed by atoms with E-state index in [4.69, 9.17) is 11.6 Å². The summed E-state index contributed by atoms with van der Waals surface area (Å²) in [6.45, 7) is 0.979. The third kappa shape index (κ3) is 3.87. The van der Waals surface area contributed by atoms with E-state index < -0.39 is 16.2 Å². The summed E-state index contributed by atoms with van der Waals surface area (Å²) < 4.78 is 33.0. The molecule has 1 aliphatic rings. The van der Waals surface area contributed by atoms with Gasteiger partial charge in [-0.15, -0.1) is 0 Å². The number of hydrogen-bond donors (Lipinski definition) is 1. The van der Waals surface area contributed by atoms with Crippen LogP contribution < -0.4 is 4.72 Å². The number of nitrogens with zero attached hydrogens (tertiary/aromatic N) is 1. The topological polar surface area (TPSA) is 75.7 Å². The quantitative estimate of drug-likeness (QED) is 0.858. The number of benzene rings is 1. The van der Waals surface area contributed by atoms with Gasteiger partial charge >= 0.3 is 16.2 Å². The Bertz CT molecular complexity index is 627. The van der Waals surface area contributed by atoms with Crippen LogP contribution in [0.5, 0.6) is 0 Å². The molecule has 2 rings (SSSR count). The summed E-state index contributed by atoms with van der Waals surface area (Å²) in [5.41, 5.74) is 0.406. The fourth-order valence-electron chi connectivity index (χ4n) is 2.16. The molecule has 1 N–H and O–H groups in total. The second kappa shape index (κ2) is 6.64. The van der Waals surface area contributed by atoms with E-state index in [2.05, 4.69) is 9.46 Å². The maximum absolute atomic E-state index is 12.3. The van der Waals surface area contributed by atoms with Gasteiger partial charge in [-0.1, -0.05) is 18.0 Å². The molecule has 1 aromatic rings. The lowest BCUT2D eigenvalue weighted by atomic mass is 10.2. The summed E-state index contributed by atoms with van der Waals surface area (Å²) in [4.78, 5) is 11.5.